The maximum Gasteiger partial charge on any atom is 0.287 e. The summed E-state index contributed by atoms with van der Waals surface area (Å²) in [6, 6.07) is 1.16. The van der Waals surface area contributed by atoms with E-state index in [4.69, 9.17) is 31.4 Å². The molecule has 6 nitrogen and oxygen atoms in total. The molecule has 1 amide bonds. The Balaban J connectivity index is 2.64. The van der Waals surface area contributed by atoms with Crippen LogP contribution in [-0.2, 0) is 16.6 Å². The lowest BCUT2D eigenvalue weighted by atomic mass is 9.46. The van der Waals surface area contributed by atoms with E-state index in [0.717, 1.165) is 17.2 Å². The van der Waals surface area contributed by atoms with Crippen LogP contribution in [-0.4, -0.2) is 57.9 Å². The van der Waals surface area contributed by atoms with Gasteiger partial charge in [-0.1, -0.05) is 0 Å². The minimum Gasteiger partial charge on any atom is -0.364 e. The summed E-state index contributed by atoms with van der Waals surface area (Å²) in [4.78, 5) is 25.9. The largest absolute Gasteiger partial charge is 0.364 e. The first-order valence-electron chi connectivity index (χ1n) is 5.24. The second-order valence-corrected chi connectivity index (χ2v) is 4.41. The van der Waals surface area contributed by atoms with Crippen molar-refractivity contribution in [1.29, 1.82) is 0 Å². The van der Waals surface area contributed by atoms with Gasteiger partial charge in [0.05, 0.1) is 36.3 Å². The third-order valence-corrected chi connectivity index (χ3v) is 3.00. The molecular weight excluding hydrogens is 241 g/mol. The molecule has 0 aliphatic carbocycles. The lowest BCUT2D eigenvalue weighted by Crippen LogP contribution is -2.64. The molecule has 0 saturated heterocycles. The van der Waals surface area contributed by atoms with E-state index in [-0.39, 0.29) is 17.7 Å². The molecule has 1 aromatic rings. The molecule has 86 valence electrons. The molecule has 10 heteroatoms. The summed E-state index contributed by atoms with van der Waals surface area (Å²) in [6.07, 6.45) is 1.35. The first-order valence-corrected chi connectivity index (χ1v) is 5.24. The average molecular weight is 246 g/mol. The van der Waals surface area contributed by atoms with Crippen molar-refractivity contribution in [1.82, 2.24) is 9.88 Å². The van der Waals surface area contributed by atoms with Crippen LogP contribution in [0.25, 0.3) is 0 Å². The Morgan fingerprint density at radius 1 is 1.42 bits per heavy atom. The van der Waals surface area contributed by atoms with Crippen molar-refractivity contribution in [2.75, 3.05) is 0 Å². The van der Waals surface area contributed by atoms with E-state index in [1.165, 1.54) is 0 Å². The van der Waals surface area contributed by atoms with E-state index < -0.39 is 15.6 Å². The van der Waals surface area contributed by atoms with Crippen LogP contribution >= 0.6 is 0 Å². The monoisotopic (exact) mass is 247 g/mol. The van der Waals surface area contributed by atoms with Crippen LogP contribution in [0.15, 0.2) is 12.3 Å². The SMILES string of the molecule is [B]C1([B])Cc2ncc([N+](=O)[O-])cc2C([B])([B])N1C=O. The normalized spacial score (nSPS) is 19.5. The van der Waals surface area contributed by atoms with Crippen molar-refractivity contribution in [2.24, 2.45) is 0 Å². The van der Waals surface area contributed by atoms with E-state index in [9.17, 15) is 14.9 Å². The van der Waals surface area contributed by atoms with Gasteiger partial charge >= 0.3 is 0 Å². The van der Waals surface area contributed by atoms with Crippen LogP contribution < -0.4 is 0 Å². The molecule has 0 aromatic carbocycles. The van der Waals surface area contributed by atoms with E-state index in [1.54, 1.807) is 0 Å². The Labute approximate surface area is 114 Å². The molecule has 0 spiro atoms. The van der Waals surface area contributed by atoms with Crippen molar-refractivity contribution >= 4 is 43.5 Å². The standard InChI is InChI=1S/C9H5B4N3O3/c10-8(11)2-7-6(9(12,13)15(8)4-17)1-5(3-14-7)16(18)19/h1,3-4H,2H2. The highest BCUT2D eigenvalue weighted by Gasteiger charge is 2.43. The smallest absolute Gasteiger partial charge is 0.287 e. The molecule has 0 atom stereocenters. The number of fused-ring (bicyclic) bond motifs is 1. The second-order valence-electron chi connectivity index (χ2n) is 4.41. The molecule has 0 fully saturated rings. The van der Waals surface area contributed by atoms with Crippen LogP contribution in [0, 0.1) is 10.1 Å². The van der Waals surface area contributed by atoms with Crippen LogP contribution in [0.4, 0.5) is 5.69 Å². The van der Waals surface area contributed by atoms with Gasteiger partial charge in [-0.2, -0.15) is 0 Å². The minimum atomic E-state index is -1.86. The molecular formula is C9H5B4N3O3. The number of hydrogen-bond acceptors (Lipinski definition) is 4. The summed E-state index contributed by atoms with van der Waals surface area (Å²) in [5.74, 6) is 0. The summed E-state index contributed by atoms with van der Waals surface area (Å²) in [5.41, 5.74) is 0.172. The van der Waals surface area contributed by atoms with Gasteiger partial charge in [0, 0.05) is 11.8 Å². The first kappa shape index (κ1) is 13.7. The minimum absolute atomic E-state index is 0.0186. The van der Waals surface area contributed by atoms with Crippen molar-refractivity contribution in [2.45, 2.75) is 17.1 Å². The average Bonchev–Trinajstić information content (AvgIpc) is 2.27. The van der Waals surface area contributed by atoms with Crippen LogP contribution in [0.2, 0.25) is 0 Å². The van der Waals surface area contributed by atoms with Crippen LogP contribution in [0.1, 0.15) is 11.3 Å². The van der Waals surface area contributed by atoms with Crippen LogP contribution in [0.3, 0.4) is 0 Å². The predicted molar refractivity (Wildman–Crippen MR) is 69.9 cm³/mol. The molecule has 0 unspecified atom stereocenters. The predicted octanol–water partition coefficient (Wildman–Crippen LogP) is -1.56. The molecule has 8 radical (unpaired) electrons. The van der Waals surface area contributed by atoms with Gasteiger partial charge in [0.25, 0.3) is 5.69 Å². The van der Waals surface area contributed by atoms with Gasteiger partial charge in [0.2, 0.25) is 6.41 Å². The number of pyridine rings is 1. The van der Waals surface area contributed by atoms with Crippen LogP contribution in [0.5, 0.6) is 0 Å². The van der Waals surface area contributed by atoms with E-state index in [2.05, 4.69) is 4.98 Å². The van der Waals surface area contributed by atoms with Crippen molar-refractivity contribution in [3.63, 3.8) is 0 Å². The van der Waals surface area contributed by atoms with E-state index in [0.29, 0.717) is 12.1 Å². The Bertz CT molecular complexity index is 564. The Kier molecular flexibility index (Phi) is 2.99. The first-order chi connectivity index (χ1) is 8.70. The molecule has 0 N–H and O–H groups in total. The third-order valence-electron chi connectivity index (χ3n) is 3.00. The fourth-order valence-electron chi connectivity index (χ4n) is 2.08. The molecule has 1 aromatic heterocycles. The highest BCUT2D eigenvalue weighted by atomic mass is 16.6. The topological polar surface area (TPSA) is 76.3 Å². The van der Waals surface area contributed by atoms with Gasteiger partial charge in [0.1, 0.15) is 6.20 Å². The molecule has 1 aliphatic rings. The van der Waals surface area contributed by atoms with Gasteiger partial charge in [-0.3, -0.25) is 19.9 Å². The van der Waals surface area contributed by atoms with Gasteiger partial charge in [-0.15, -0.1) is 0 Å². The summed E-state index contributed by atoms with van der Waals surface area (Å²) in [6.45, 7) is 0. The fourth-order valence-corrected chi connectivity index (χ4v) is 2.08. The summed E-state index contributed by atoms with van der Waals surface area (Å²) >= 11 is 0. The molecule has 2 heterocycles. The van der Waals surface area contributed by atoms with Gasteiger partial charge in [0.15, 0.2) is 0 Å². The zero-order chi connectivity index (χ0) is 14.4. The number of aromatic nitrogens is 1. The summed E-state index contributed by atoms with van der Waals surface area (Å²) in [7, 11) is 23.2. The number of hydrogen-bond donors (Lipinski definition) is 0. The molecule has 2 rings (SSSR count). The maximum atomic E-state index is 11.1. The Morgan fingerprint density at radius 3 is 2.58 bits per heavy atom. The third kappa shape index (κ3) is 2.05. The number of rotatable bonds is 2. The number of amides is 1. The second kappa shape index (κ2) is 4.15. The maximum absolute atomic E-state index is 11.1. The van der Waals surface area contributed by atoms with Gasteiger partial charge in [-0.25, -0.2) is 0 Å². The lowest BCUT2D eigenvalue weighted by Gasteiger charge is -2.53. The Morgan fingerprint density at radius 2 is 2.05 bits per heavy atom. The van der Waals surface area contributed by atoms with Crippen molar-refractivity contribution < 1.29 is 9.72 Å². The number of nitro groups is 1. The zero-order valence-electron chi connectivity index (χ0n) is 9.81. The highest BCUT2D eigenvalue weighted by Crippen LogP contribution is 2.36. The Hall–Kier alpha value is -1.72. The van der Waals surface area contributed by atoms with Gasteiger partial charge < -0.3 is 4.90 Å². The molecule has 1 aliphatic heterocycles. The summed E-state index contributed by atoms with van der Waals surface area (Å²) < 4.78 is 0. The molecule has 0 saturated carbocycles. The number of carbonyl (C=O) groups is 1. The lowest BCUT2D eigenvalue weighted by molar-refractivity contribution is -0.385. The quantitative estimate of drug-likeness (QED) is 0.274. The molecule has 0 bridgehead atoms. The molecule has 19 heavy (non-hydrogen) atoms. The number of nitrogens with zero attached hydrogens (tertiary/aromatic N) is 3. The van der Waals surface area contributed by atoms with E-state index >= 15 is 0 Å². The zero-order valence-corrected chi connectivity index (χ0v) is 9.81. The van der Waals surface area contributed by atoms with E-state index in [1.807, 2.05) is 0 Å². The van der Waals surface area contributed by atoms with Crippen molar-refractivity contribution in [3.8, 4) is 0 Å². The number of carbonyl (C=O) groups excluding carboxylic acids is 1. The fraction of sp³-hybridized carbons (Fsp3) is 0.333. The van der Waals surface area contributed by atoms with Gasteiger partial charge in [-0.05, 0) is 22.7 Å². The highest BCUT2D eigenvalue weighted by molar-refractivity contribution is 6.45. The van der Waals surface area contributed by atoms with Crippen molar-refractivity contribution in [3.05, 3.63) is 33.6 Å². The summed E-state index contributed by atoms with van der Waals surface area (Å²) in [5, 5.41) is 7.25.